The highest BCUT2D eigenvalue weighted by molar-refractivity contribution is 5.79. The summed E-state index contributed by atoms with van der Waals surface area (Å²) in [5, 5.41) is 15.5. The van der Waals surface area contributed by atoms with Crippen LogP contribution in [0.25, 0.3) is 5.65 Å². The molecular weight excluding hydrogens is 260 g/mol. The molecule has 2 heterocycles. The van der Waals surface area contributed by atoms with Crippen molar-refractivity contribution in [3.8, 4) is 0 Å². The number of carbonyl (C=O) groups excluding carboxylic acids is 1. The van der Waals surface area contributed by atoms with Gasteiger partial charge in [-0.15, -0.1) is 0 Å². The number of aliphatic hydroxyl groups excluding tert-OH is 1. The number of nitrogens with two attached hydrogens (primary N) is 1. The lowest BCUT2D eigenvalue weighted by Gasteiger charge is -2.12. The van der Waals surface area contributed by atoms with Gasteiger partial charge in [0.2, 0.25) is 5.91 Å². The topological polar surface area (TPSA) is 118 Å². The number of hydrogen-bond donors (Lipinski definition) is 4. The molecule has 0 aliphatic carbocycles. The Morgan fingerprint density at radius 2 is 2.35 bits per heavy atom. The molecule has 0 aliphatic rings. The fourth-order valence-corrected chi connectivity index (χ4v) is 1.68. The predicted molar refractivity (Wildman–Crippen MR) is 75.5 cm³/mol. The van der Waals surface area contributed by atoms with Crippen LogP contribution in [0.1, 0.15) is 13.3 Å². The van der Waals surface area contributed by atoms with Gasteiger partial charge in [0.1, 0.15) is 11.9 Å². The summed E-state index contributed by atoms with van der Waals surface area (Å²) in [6.45, 7) is 2.85. The second-order valence-corrected chi connectivity index (χ2v) is 4.36. The highest BCUT2D eigenvalue weighted by atomic mass is 16.3. The first-order chi connectivity index (χ1) is 9.61. The fourth-order valence-electron chi connectivity index (χ4n) is 1.68. The average molecular weight is 278 g/mol. The van der Waals surface area contributed by atoms with E-state index >= 15 is 0 Å². The van der Waals surface area contributed by atoms with E-state index in [4.69, 9.17) is 5.73 Å². The number of aromatic nitrogens is 3. The number of nitrogens with zero attached hydrogens (tertiary/aromatic N) is 3. The van der Waals surface area contributed by atoms with Crippen LogP contribution in [0.15, 0.2) is 18.6 Å². The molecule has 8 heteroatoms. The van der Waals surface area contributed by atoms with E-state index in [1.165, 1.54) is 0 Å². The molecular formula is C12H18N6O2. The smallest absolute Gasteiger partial charge is 0.248 e. The zero-order valence-electron chi connectivity index (χ0n) is 11.2. The lowest BCUT2D eigenvalue weighted by Crippen LogP contribution is -2.34. The van der Waals surface area contributed by atoms with Crippen molar-refractivity contribution in [2.45, 2.75) is 19.4 Å². The maximum Gasteiger partial charge on any atom is 0.248 e. The lowest BCUT2D eigenvalue weighted by atomic mass is 10.3. The van der Waals surface area contributed by atoms with E-state index in [1.54, 1.807) is 12.4 Å². The van der Waals surface area contributed by atoms with Crippen LogP contribution in [0, 0.1) is 0 Å². The molecule has 0 fully saturated rings. The quantitative estimate of drug-likeness (QED) is 0.557. The SMILES string of the molecule is CCCNc1cn2ccnc2c(NCC(O)C(N)=O)n1. The van der Waals surface area contributed by atoms with Crippen molar-refractivity contribution in [3.05, 3.63) is 18.6 Å². The molecule has 2 rings (SSSR count). The van der Waals surface area contributed by atoms with Crippen LogP contribution in [0.4, 0.5) is 11.6 Å². The molecule has 0 radical (unpaired) electrons. The zero-order chi connectivity index (χ0) is 14.5. The molecule has 0 saturated carbocycles. The first-order valence-electron chi connectivity index (χ1n) is 6.40. The van der Waals surface area contributed by atoms with E-state index in [0.717, 1.165) is 13.0 Å². The van der Waals surface area contributed by atoms with Gasteiger partial charge in [0.15, 0.2) is 11.5 Å². The average Bonchev–Trinajstić information content (AvgIpc) is 2.90. The third-order valence-electron chi connectivity index (χ3n) is 2.72. The summed E-state index contributed by atoms with van der Waals surface area (Å²) in [4.78, 5) is 19.4. The minimum absolute atomic E-state index is 0.0118. The molecule has 108 valence electrons. The van der Waals surface area contributed by atoms with Crippen LogP contribution in [-0.4, -0.2) is 44.6 Å². The molecule has 5 N–H and O–H groups in total. The Morgan fingerprint density at radius 1 is 1.55 bits per heavy atom. The van der Waals surface area contributed by atoms with Gasteiger partial charge < -0.3 is 25.9 Å². The molecule has 0 spiro atoms. The van der Waals surface area contributed by atoms with Crippen molar-refractivity contribution in [2.24, 2.45) is 5.73 Å². The van der Waals surface area contributed by atoms with Crippen LogP contribution in [0.5, 0.6) is 0 Å². The van der Waals surface area contributed by atoms with Crippen LogP contribution in [-0.2, 0) is 4.79 Å². The van der Waals surface area contributed by atoms with Crippen LogP contribution in [0.3, 0.4) is 0 Å². The number of primary amides is 1. The van der Waals surface area contributed by atoms with Crippen molar-refractivity contribution >= 4 is 23.2 Å². The molecule has 8 nitrogen and oxygen atoms in total. The van der Waals surface area contributed by atoms with Gasteiger partial charge in [-0.05, 0) is 6.42 Å². The van der Waals surface area contributed by atoms with E-state index in [1.807, 2.05) is 10.6 Å². The summed E-state index contributed by atoms with van der Waals surface area (Å²) >= 11 is 0. The molecule has 0 aliphatic heterocycles. The molecule has 2 aromatic heterocycles. The normalized spacial score (nSPS) is 12.3. The Balaban J connectivity index is 2.21. The van der Waals surface area contributed by atoms with E-state index in [0.29, 0.717) is 17.3 Å². The molecule has 20 heavy (non-hydrogen) atoms. The van der Waals surface area contributed by atoms with Gasteiger partial charge >= 0.3 is 0 Å². The number of amides is 1. The number of anilines is 2. The molecule has 0 bridgehead atoms. The summed E-state index contributed by atoms with van der Waals surface area (Å²) in [7, 11) is 0. The van der Waals surface area contributed by atoms with Crippen LogP contribution < -0.4 is 16.4 Å². The van der Waals surface area contributed by atoms with Gasteiger partial charge in [-0.1, -0.05) is 6.92 Å². The maximum absolute atomic E-state index is 10.8. The van der Waals surface area contributed by atoms with Gasteiger partial charge in [0.25, 0.3) is 0 Å². The molecule has 1 atom stereocenters. The third kappa shape index (κ3) is 3.15. The standard InChI is InChI=1S/C12H18N6O2/c1-2-3-14-9-7-18-5-4-15-12(18)11(17-9)16-6-8(19)10(13)20/h4-5,7-8,14,19H,2-3,6H2,1H3,(H2,13,20)(H,16,17). The molecule has 1 unspecified atom stereocenters. The Hall–Kier alpha value is -2.35. The highest BCUT2D eigenvalue weighted by Gasteiger charge is 2.13. The minimum atomic E-state index is -1.26. The Morgan fingerprint density at radius 3 is 3.05 bits per heavy atom. The van der Waals surface area contributed by atoms with Gasteiger partial charge in [-0.25, -0.2) is 9.97 Å². The monoisotopic (exact) mass is 278 g/mol. The van der Waals surface area contributed by atoms with Crippen molar-refractivity contribution < 1.29 is 9.90 Å². The van der Waals surface area contributed by atoms with Crippen molar-refractivity contribution in [1.29, 1.82) is 0 Å². The number of rotatable bonds is 7. The van der Waals surface area contributed by atoms with E-state index in [9.17, 15) is 9.90 Å². The summed E-state index contributed by atoms with van der Waals surface area (Å²) in [5.74, 6) is 0.391. The Kier molecular flexibility index (Phi) is 4.36. The first kappa shape index (κ1) is 14.1. The van der Waals surface area contributed by atoms with Crippen molar-refractivity contribution in [2.75, 3.05) is 23.7 Å². The van der Waals surface area contributed by atoms with Crippen molar-refractivity contribution in [1.82, 2.24) is 14.4 Å². The second kappa shape index (κ2) is 6.20. The van der Waals surface area contributed by atoms with Crippen molar-refractivity contribution in [3.63, 3.8) is 0 Å². The van der Waals surface area contributed by atoms with Gasteiger partial charge in [-0.3, -0.25) is 4.79 Å². The van der Waals surface area contributed by atoms with Gasteiger partial charge in [0.05, 0.1) is 12.7 Å². The number of carbonyl (C=O) groups is 1. The molecule has 2 aromatic rings. The molecule has 1 amide bonds. The summed E-state index contributed by atoms with van der Waals surface area (Å²) in [5.41, 5.74) is 5.62. The number of aliphatic hydroxyl groups is 1. The second-order valence-electron chi connectivity index (χ2n) is 4.36. The number of fused-ring (bicyclic) bond motifs is 1. The Labute approximate surface area is 116 Å². The van der Waals surface area contributed by atoms with Gasteiger partial charge in [-0.2, -0.15) is 0 Å². The number of hydrogen-bond acceptors (Lipinski definition) is 6. The number of nitrogens with one attached hydrogen (secondary N) is 2. The van der Waals surface area contributed by atoms with E-state index < -0.39 is 12.0 Å². The molecule has 0 aromatic carbocycles. The third-order valence-corrected chi connectivity index (χ3v) is 2.72. The lowest BCUT2D eigenvalue weighted by molar-refractivity contribution is -0.125. The predicted octanol–water partition coefficient (Wildman–Crippen LogP) is -0.191. The zero-order valence-corrected chi connectivity index (χ0v) is 11.2. The summed E-state index contributed by atoms with van der Waals surface area (Å²) in [6.07, 6.45) is 4.99. The number of imidazole rings is 1. The van der Waals surface area contributed by atoms with E-state index in [-0.39, 0.29) is 6.54 Å². The fraction of sp³-hybridized carbons (Fsp3) is 0.417. The minimum Gasteiger partial charge on any atom is -0.381 e. The highest BCUT2D eigenvalue weighted by Crippen LogP contribution is 2.16. The Bertz CT molecular complexity index is 597. The summed E-state index contributed by atoms with van der Waals surface area (Å²) in [6, 6.07) is 0. The van der Waals surface area contributed by atoms with Crippen LogP contribution >= 0.6 is 0 Å². The molecule has 0 saturated heterocycles. The largest absolute Gasteiger partial charge is 0.381 e. The summed E-state index contributed by atoms with van der Waals surface area (Å²) < 4.78 is 1.81. The van der Waals surface area contributed by atoms with E-state index in [2.05, 4.69) is 27.5 Å². The maximum atomic E-state index is 10.8. The van der Waals surface area contributed by atoms with Gasteiger partial charge in [0, 0.05) is 18.9 Å². The first-order valence-corrected chi connectivity index (χ1v) is 6.40. The van der Waals surface area contributed by atoms with Crippen LogP contribution in [0.2, 0.25) is 0 Å².